The van der Waals surface area contributed by atoms with Gasteiger partial charge in [0.05, 0.1) is 0 Å². The molecular weight excluding hydrogens is 358 g/mol. The zero-order chi connectivity index (χ0) is 18.9. The number of hydrogen-bond donors (Lipinski definition) is 1. The summed E-state index contributed by atoms with van der Waals surface area (Å²) in [7, 11) is -3.61. The van der Waals surface area contributed by atoms with Gasteiger partial charge in [0.25, 0.3) is 0 Å². The summed E-state index contributed by atoms with van der Waals surface area (Å²) in [6.07, 6.45) is 5.28. The van der Waals surface area contributed by atoms with E-state index in [4.69, 9.17) is 0 Å². The van der Waals surface area contributed by atoms with Gasteiger partial charge in [-0.25, -0.2) is 13.2 Å². The number of sulfonamides is 1. The summed E-state index contributed by atoms with van der Waals surface area (Å²) < 4.78 is 26.6. The molecule has 3 rings (SSSR count). The Hall–Kier alpha value is -2.00. The highest BCUT2D eigenvalue weighted by molar-refractivity contribution is 7.89. The Labute approximate surface area is 152 Å². The average Bonchev–Trinajstić information content (AvgIpc) is 3.47. The molecular formula is C17H23N3O5S. The maximum absolute atomic E-state index is 12.8. The van der Waals surface area contributed by atoms with Crippen LogP contribution in [0.2, 0.25) is 0 Å². The van der Waals surface area contributed by atoms with Crippen LogP contribution in [0.25, 0.3) is 0 Å². The fourth-order valence-corrected chi connectivity index (χ4v) is 4.80. The molecule has 1 saturated carbocycles. The molecule has 1 aromatic rings. The smallest absolute Gasteiger partial charge is 0.326 e. The summed E-state index contributed by atoms with van der Waals surface area (Å²) in [4.78, 5) is 29.6. The molecule has 9 heteroatoms. The number of pyridine rings is 1. The van der Waals surface area contributed by atoms with Gasteiger partial charge < -0.3 is 10.0 Å². The van der Waals surface area contributed by atoms with Gasteiger partial charge >= 0.3 is 5.97 Å². The third-order valence-electron chi connectivity index (χ3n) is 5.04. The fraction of sp³-hybridized carbons (Fsp3) is 0.588. The summed E-state index contributed by atoms with van der Waals surface area (Å²) in [5.41, 5.74) is 0. The predicted molar refractivity (Wildman–Crippen MR) is 92.7 cm³/mol. The predicted octanol–water partition coefficient (Wildman–Crippen LogP) is 0.946. The Balaban J connectivity index is 1.66. The topological polar surface area (TPSA) is 108 Å². The molecule has 2 fully saturated rings. The first-order valence-corrected chi connectivity index (χ1v) is 10.2. The molecule has 26 heavy (non-hydrogen) atoms. The van der Waals surface area contributed by atoms with Crippen molar-refractivity contribution in [2.45, 2.75) is 49.6 Å². The van der Waals surface area contributed by atoms with Crippen LogP contribution < -0.4 is 0 Å². The second-order valence-corrected chi connectivity index (χ2v) is 8.80. The minimum Gasteiger partial charge on any atom is -0.480 e. The molecule has 8 nitrogen and oxygen atoms in total. The van der Waals surface area contributed by atoms with Crippen LogP contribution in [0.3, 0.4) is 0 Å². The average molecular weight is 381 g/mol. The molecule has 2 aliphatic rings. The van der Waals surface area contributed by atoms with Crippen LogP contribution in [-0.4, -0.2) is 64.8 Å². The first-order chi connectivity index (χ1) is 12.3. The molecule has 1 unspecified atom stereocenters. The molecule has 1 amide bonds. The zero-order valence-corrected chi connectivity index (χ0v) is 15.4. The third-order valence-corrected chi connectivity index (χ3v) is 6.93. The van der Waals surface area contributed by atoms with Crippen molar-refractivity contribution in [2.75, 3.05) is 13.1 Å². The lowest BCUT2D eigenvalue weighted by molar-refractivity contribution is -0.152. The quantitative estimate of drug-likeness (QED) is 0.786. The monoisotopic (exact) mass is 381 g/mol. The number of rotatable bonds is 6. The molecule has 1 aromatic heterocycles. The number of aromatic nitrogens is 1. The standard InChI is InChI=1S/C17H23N3O5S/c1-12(17(22)23)20(14-4-5-14)16(21)13-6-9-19(10-7-13)26(24,25)15-3-2-8-18-11-15/h2-3,8,11-14H,4-7,9-10H2,1H3,(H,22,23). The van der Waals surface area contributed by atoms with E-state index in [-0.39, 0.29) is 35.9 Å². The van der Waals surface area contributed by atoms with E-state index in [0.717, 1.165) is 12.8 Å². The third kappa shape index (κ3) is 3.73. The summed E-state index contributed by atoms with van der Waals surface area (Å²) in [6, 6.07) is 2.23. The van der Waals surface area contributed by atoms with Gasteiger partial charge in [-0.15, -0.1) is 0 Å². The number of carbonyl (C=O) groups excluding carboxylic acids is 1. The second-order valence-electron chi connectivity index (χ2n) is 6.86. The minimum absolute atomic E-state index is 0.00533. The Morgan fingerprint density at radius 3 is 2.42 bits per heavy atom. The number of amides is 1. The van der Waals surface area contributed by atoms with Crippen molar-refractivity contribution in [3.05, 3.63) is 24.5 Å². The summed E-state index contributed by atoms with van der Waals surface area (Å²) in [5.74, 6) is -1.51. The Bertz CT molecular complexity index is 771. The van der Waals surface area contributed by atoms with Crippen LogP contribution in [0.5, 0.6) is 0 Å². The molecule has 0 radical (unpaired) electrons. The minimum atomic E-state index is -3.61. The Morgan fingerprint density at radius 1 is 1.27 bits per heavy atom. The molecule has 1 N–H and O–H groups in total. The first kappa shape index (κ1) is 18.8. The van der Waals surface area contributed by atoms with Gasteiger partial charge in [-0.05, 0) is 44.7 Å². The number of nitrogens with zero attached hydrogens (tertiary/aromatic N) is 3. The van der Waals surface area contributed by atoms with Crippen molar-refractivity contribution in [1.29, 1.82) is 0 Å². The van der Waals surface area contributed by atoms with Crippen LogP contribution in [0, 0.1) is 5.92 Å². The first-order valence-electron chi connectivity index (χ1n) is 8.77. The van der Waals surface area contributed by atoms with E-state index >= 15 is 0 Å². The largest absolute Gasteiger partial charge is 0.480 e. The van der Waals surface area contributed by atoms with Crippen LogP contribution in [0.1, 0.15) is 32.6 Å². The molecule has 1 aliphatic carbocycles. The summed E-state index contributed by atoms with van der Waals surface area (Å²) in [5, 5.41) is 9.26. The second kappa shape index (κ2) is 7.32. The van der Waals surface area contributed by atoms with Gasteiger partial charge in [-0.3, -0.25) is 9.78 Å². The van der Waals surface area contributed by atoms with Crippen LogP contribution in [-0.2, 0) is 19.6 Å². The number of carboxylic acids is 1. The SMILES string of the molecule is CC(C(=O)O)N(C(=O)C1CCN(S(=O)(=O)c2cccnc2)CC1)C1CC1. The Morgan fingerprint density at radius 2 is 1.92 bits per heavy atom. The maximum atomic E-state index is 12.8. The van der Waals surface area contributed by atoms with E-state index in [1.54, 1.807) is 6.07 Å². The van der Waals surface area contributed by atoms with Crippen LogP contribution >= 0.6 is 0 Å². The van der Waals surface area contributed by atoms with Gasteiger partial charge in [-0.2, -0.15) is 4.31 Å². The van der Waals surface area contributed by atoms with Crippen molar-refractivity contribution in [3.8, 4) is 0 Å². The van der Waals surface area contributed by atoms with Gasteiger partial charge in [-0.1, -0.05) is 0 Å². The van der Waals surface area contributed by atoms with E-state index in [9.17, 15) is 23.1 Å². The van der Waals surface area contributed by atoms with E-state index in [1.165, 1.54) is 34.6 Å². The normalized spacial score (nSPS) is 20.5. The fourth-order valence-electron chi connectivity index (χ4n) is 3.36. The lowest BCUT2D eigenvalue weighted by Gasteiger charge is -2.35. The zero-order valence-electron chi connectivity index (χ0n) is 14.6. The highest BCUT2D eigenvalue weighted by Gasteiger charge is 2.42. The van der Waals surface area contributed by atoms with Crippen LogP contribution in [0.15, 0.2) is 29.4 Å². The lowest BCUT2D eigenvalue weighted by Crippen LogP contribution is -2.50. The molecule has 0 spiro atoms. The number of hydrogen-bond acceptors (Lipinski definition) is 5. The highest BCUT2D eigenvalue weighted by Crippen LogP contribution is 2.33. The van der Waals surface area contributed by atoms with Crippen molar-refractivity contribution in [1.82, 2.24) is 14.2 Å². The van der Waals surface area contributed by atoms with Crippen molar-refractivity contribution < 1.29 is 23.1 Å². The van der Waals surface area contributed by atoms with E-state index in [1.807, 2.05) is 0 Å². The lowest BCUT2D eigenvalue weighted by atomic mass is 9.95. The number of carbonyl (C=O) groups is 2. The van der Waals surface area contributed by atoms with Gasteiger partial charge in [0, 0.05) is 37.4 Å². The van der Waals surface area contributed by atoms with E-state index in [2.05, 4.69) is 4.98 Å². The molecule has 0 aromatic carbocycles. The summed E-state index contributed by atoms with van der Waals surface area (Å²) >= 11 is 0. The summed E-state index contributed by atoms with van der Waals surface area (Å²) in [6.45, 7) is 2.02. The molecule has 142 valence electrons. The molecule has 1 aliphatic heterocycles. The number of aliphatic carboxylic acids is 1. The van der Waals surface area contributed by atoms with Gasteiger partial charge in [0.2, 0.25) is 15.9 Å². The highest BCUT2D eigenvalue weighted by atomic mass is 32.2. The number of carboxylic acid groups (broad SMARTS) is 1. The van der Waals surface area contributed by atoms with E-state index < -0.39 is 22.0 Å². The van der Waals surface area contributed by atoms with Gasteiger partial charge in [0.1, 0.15) is 10.9 Å². The van der Waals surface area contributed by atoms with E-state index in [0.29, 0.717) is 12.8 Å². The van der Waals surface area contributed by atoms with Crippen molar-refractivity contribution >= 4 is 21.9 Å². The number of piperidine rings is 1. The van der Waals surface area contributed by atoms with Gasteiger partial charge in [0.15, 0.2) is 0 Å². The van der Waals surface area contributed by atoms with Crippen molar-refractivity contribution in [2.24, 2.45) is 5.92 Å². The molecule has 2 heterocycles. The molecule has 1 saturated heterocycles. The molecule has 0 bridgehead atoms. The molecule has 1 atom stereocenters. The van der Waals surface area contributed by atoms with Crippen LogP contribution in [0.4, 0.5) is 0 Å². The Kier molecular flexibility index (Phi) is 5.29. The maximum Gasteiger partial charge on any atom is 0.326 e. The van der Waals surface area contributed by atoms with Crippen molar-refractivity contribution in [3.63, 3.8) is 0 Å².